The van der Waals surface area contributed by atoms with Crippen LogP contribution in [-0.4, -0.2) is 24.9 Å². The Morgan fingerprint density at radius 3 is 2.93 bits per heavy atom. The summed E-state index contributed by atoms with van der Waals surface area (Å²) in [4.78, 5) is 12.3. The zero-order valence-corrected chi connectivity index (χ0v) is 9.71. The molecule has 3 nitrogen and oxygen atoms in total. The molecule has 0 aromatic heterocycles. The van der Waals surface area contributed by atoms with Gasteiger partial charge in [-0.05, 0) is 25.1 Å². The third-order valence-electron chi connectivity index (χ3n) is 1.77. The van der Waals surface area contributed by atoms with Crippen molar-refractivity contribution in [3.63, 3.8) is 0 Å². The largest absolute Gasteiger partial charge is 0.465 e. The van der Waals surface area contributed by atoms with Crippen LogP contribution in [0.2, 0.25) is 0 Å². The number of rotatable bonds is 4. The maximum absolute atomic E-state index is 11.2. The van der Waals surface area contributed by atoms with Gasteiger partial charge in [-0.2, -0.15) is 0 Å². The fourth-order valence-corrected chi connectivity index (χ4v) is 1.90. The summed E-state index contributed by atoms with van der Waals surface area (Å²) in [7, 11) is 1.38. The zero-order valence-electron chi connectivity index (χ0n) is 8.90. The molecule has 15 heavy (non-hydrogen) atoms. The molecule has 0 aliphatic rings. The minimum Gasteiger partial charge on any atom is -0.465 e. The van der Waals surface area contributed by atoms with Crippen LogP contribution in [0.15, 0.2) is 29.2 Å². The van der Waals surface area contributed by atoms with Gasteiger partial charge in [0.25, 0.3) is 0 Å². The Hall–Kier alpha value is -1.00. The molecule has 0 amide bonds. The number of carbonyl (C=O) groups excluding carboxylic acids is 1. The smallest absolute Gasteiger partial charge is 0.337 e. The summed E-state index contributed by atoms with van der Waals surface area (Å²) >= 11 is 1.64. The van der Waals surface area contributed by atoms with Gasteiger partial charge in [-0.15, -0.1) is 11.8 Å². The lowest BCUT2D eigenvalue weighted by molar-refractivity contribution is 0.0600. The van der Waals surface area contributed by atoms with E-state index in [4.69, 9.17) is 5.73 Å². The fourth-order valence-electron chi connectivity index (χ4n) is 1.06. The summed E-state index contributed by atoms with van der Waals surface area (Å²) in [6.07, 6.45) is 0. The predicted molar refractivity (Wildman–Crippen MR) is 62.2 cm³/mol. The Labute approximate surface area is 94.0 Å². The zero-order chi connectivity index (χ0) is 11.3. The number of carbonyl (C=O) groups is 1. The Balaban J connectivity index is 2.70. The number of nitrogens with two attached hydrogens (primary N) is 1. The van der Waals surface area contributed by atoms with Crippen LogP contribution in [0.3, 0.4) is 0 Å². The number of esters is 1. The molecule has 1 unspecified atom stereocenters. The molecule has 2 N–H and O–H groups in total. The number of hydrogen-bond donors (Lipinski definition) is 1. The van der Waals surface area contributed by atoms with E-state index in [1.165, 1.54) is 7.11 Å². The summed E-state index contributed by atoms with van der Waals surface area (Å²) in [6, 6.07) is 7.51. The first-order chi connectivity index (χ1) is 7.13. The van der Waals surface area contributed by atoms with Crippen molar-refractivity contribution in [1.82, 2.24) is 0 Å². The van der Waals surface area contributed by atoms with Crippen LogP contribution in [0.5, 0.6) is 0 Å². The summed E-state index contributed by atoms with van der Waals surface area (Å²) in [6.45, 7) is 1.96. The highest BCUT2D eigenvalue weighted by molar-refractivity contribution is 7.99. The lowest BCUT2D eigenvalue weighted by Crippen LogP contribution is -2.17. The van der Waals surface area contributed by atoms with E-state index < -0.39 is 0 Å². The van der Waals surface area contributed by atoms with Gasteiger partial charge in [-0.1, -0.05) is 6.07 Å². The summed E-state index contributed by atoms with van der Waals surface area (Å²) in [5.74, 6) is 0.531. The first-order valence-electron chi connectivity index (χ1n) is 4.70. The molecule has 0 fully saturated rings. The van der Waals surface area contributed by atoms with Crippen molar-refractivity contribution in [2.75, 3.05) is 12.9 Å². The molecule has 0 saturated heterocycles. The highest BCUT2D eigenvalue weighted by Gasteiger charge is 2.06. The molecule has 82 valence electrons. The minimum atomic E-state index is -0.307. The number of ether oxygens (including phenoxy) is 1. The van der Waals surface area contributed by atoms with Crippen molar-refractivity contribution in [3.05, 3.63) is 29.8 Å². The van der Waals surface area contributed by atoms with Crippen LogP contribution in [0.4, 0.5) is 0 Å². The number of benzene rings is 1. The van der Waals surface area contributed by atoms with E-state index in [9.17, 15) is 4.79 Å². The van der Waals surface area contributed by atoms with E-state index in [2.05, 4.69) is 4.74 Å². The number of thioether (sulfide) groups is 1. The van der Waals surface area contributed by atoms with Gasteiger partial charge in [-0.25, -0.2) is 4.79 Å². The van der Waals surface area contributed by atoms with Crippen LogP contribution in [0.25, 0.3) is 0 Å². The third-order valence-corrected chi connectivity index (χ3v) is 3.05. The standard InChI is InChI=1S/C11H15NO2S/c1-8(12)7-15-10-5-3-4-9(6-10)11(13)14-2/h3-6,8H,7,12H2,1-2H3. The molecule has 1 aromatic rings. The molecule has 4 heteroatoms. The van der Waals surface area contributed by atoms with Gasteiger partial charge in [0.05, 0.1) is 12.7 Å². The molecule has 0 heterocycles. The Kier molecular flexibility index (Phi) is 4.65. The van der Waals surface area contributed by atoms with E-state index >= 15 is 0 Å². The van der Waals surface area contributed by atoms with Gasteiger partial charge >= 0.3 is 5.97 Å². The second kappa shape index (κ2) is 5.78. The summed E-state index contributed by atoms with van der Waals surface area (Å²) < 4.78 is 4.64. The van der Waals surface area contributed by atoms with E-state index in [1.54, 1.807) is 17.8 Å². The second-order valence-corrected chi connectivity index (χ2v) is 4.40. The van der Waals surface area contributed by atoms with Crippen LogP contribution < -0.4 is 5.73 Å². The maximum atomic E-state index is 11.2. The van der Waals surface area contributed by atoms with Crippen molar-refractivity contribution in [2.24, 2.45) is 5.73 Å². The summed E-state index contributed by atoms with van der Waals surface area (Å²) in [5, 5.41) is 0. The Bertz CT molecular complexity index is 339. The topological polar surface area (TPSA) is 52.3 Å². The highest BCUT2D eigenvalue weighted by Crippen LogP contribution is 2.19. The highest BCUT2D eigenvalue weighted by atomic mass is 32.2. The van der Waals surface area contributed by atoms with E-state index in [1.807, 2.05) is 25.1 Å². The molecule has 1 aromatic carbocycles. The van der Waals surface area contributed by atoms with E-state index in [-0.39, 0.29) is 12.0 Å². The van der Waals surface area contributed by atoms with E-state index in [0.717, 1.165) is 10.6 Å². The quantitative estimate of drug-likeness (QED) is 0.628. The molecular weight excluding hydrogens is 210 g/mol. The van der Waals surface area contributed by atoms with Gasteiger partial charge in [0.1, 0.15) is 0 Å². The molecule has 0 aliphatic carbocycles. The van der Waals surface area contributed by atoms with Crippen LogP contribution in [0, 0.1) is 0 Å². The molecule has 1 rings (SSSR count). The van der Waals surface area contributed by atoms with Crippen molar-refractivity contribution < 1.29 is 9.53 Å². The van der Waals surface area contributed by atoms with Gasteiger partial charge in [0, 0.05) is 16.7 Å². The monoisotopic (exact) mass is 225 g/mol. The maximum Gasteiger partial charge on any atom is 0.337 e. The van der Waals surface area contributed by atoms with E-state index in [0.29, 0.717) is 5.56 Å². The van der Waals surface area contributed by atoms with Gasteiger partial charge in [0.15, 0.2) is 0 Å². The fraction of sp³-hybridized carbons (Fsp3) is 0.364. The van der Waals surface area contributed by atoms with Crippen molar-refractivity contribution in [1.29, 1.82) is 0 Å². The molecule has 0 spiro atoms. The van der Waals surface area contributed by atoms with Crippen LogP contribution >= 0.6 is 11.8 Å². The lowest BCUT2D eigenvalue weighted by Gasteiger charge is -2.05. The lowest BCUT2D eigenvalue weighted by atomic mass is 10.2. The molecular formula is C11H15NO2S. The average molecular weight is 225 g/mol. The molecule has 0 saturated carbocycles. The SMILES string of the molecule is COC(=O)c1cccc(SCC(C)N)c1. The molecule has 0 radical (unpaired) electrons. The average Bonchev–Trinajstić information content (AvgIpc) is 2.25. The van der Waals surface area contributed by atoms with Crippen LogP contribution in [0.1, 0.15) is 17.3 Å². The number of methoxy groups -OCH3 is 1. The van der Waals surface area contributed by atoms with Crippen molar-refractivity contribution in [2.45, 2.75) is 17.9 Å². The third kappa shape index (κ3) is 3.93. The minimum absolute atomic E-state index is 0.150. The Morgan fingerprint density at radius 1 is 1.60 bits per heavy atom. The second-order valence-electron chi connectivity index (χ2n) is 3.31. The van der Waals surface area contributed by atoms with Gasteiger partial charge in [0.2, 0.25) is 0 Å². The normalized spacial score (nSPS) is 12.2. The van der Waals surface area contributed by atoms with Crippen molar-refractivity contribution >= 4 is 17.7 Å². The number of hydrogen-bond acceptors (Lipinski definition) is 4. The first kappa shape index (κ1) is 12.1. The van der Waals surface area contributed by atoms with Gasteiger partial charge < -0.3 is 10.5 Å². The summed E-state index contributed by atoms with van der Waals surface area (Å²) in [5.41, 5.74) is 6.23. The first-order valence-corrected chi connectivity index (χ1v) is 5.69. The van der Waals surface area contributed by atoms with Crippen molar-refractivity contribution in [3.8, 4) is 0 Å². The van der Waals surface area contributed by atoms with Crippen LogP contribution in [-0.2, 0) is 4.74 Å². The molecule has 1 atom stereocenters. The van der Waals surface area contributed by atoms with Gasteiger partial charge in [-0.3, -0.25) is 0 Å². The predicted octanol–water partition coefficient (Wildman–Crippen LogP) is 1.91. The molecule has 0 bridgehead atoms. The Morgan fingerprint density at radius 2 is 2.33 bits per heavy atom. The molecule has 0 aliphatic heterocycles.